The Bertz CT molecular complexity index is 125. The summed E-state index contributed by atoms with van der Waals surface area (Å²) < 4.78 is 0. The fourth-order valence-electron chi connectivity index (χ4n) is 0.241. The first-order valence-electron chi connectivity index (χ1n) is 4.49. The fraction of sp³-hybridized carbons (Fsp3) is 0.500. The second-order valence-corrected chi connectivity index (χ2v) is 3.81. The minimum Gasteiger partial charge on any atom is -1.00 e. The van der Waals surface area contributed by atoms with Gasteiger partial charge in [0.15, 0.2) is 0 Å². The Kier molecular flexibility index (Phi) is 46.3. The first kappa shape index (κ1) is 30.0. The Labute approximate surface area is 129 Å². The maximum absolute atomic E-state index is 2.74. The van der Waals surface area contributed by atoms with Gasteiger partial charge in [0.05, 0.1) is 0 Å². The number of rotatable bonds is 0. The van der Waals surface area contributed by atoms with Crippen LogP contribution in [0.5, 0.6) is 0 Å². The van der Waals surface area contributed by atoms with Crippen molar-refractivity contribution in [2.75, 3.05) is 0 Å². The molecule has 1 nitrogen and oxygen atoms in total. The topological polar surface area (TPSA) is 15.8 Å². The predicted octanol–water partition coefficient (Wildman–Crippen LogP) is -1.94. The fourth-order valence-corrected chi connectivity index (χ4v) is 0.241. The second-order valence-electron chi connectivity index (χ2n) is 3.81. The molecule has 0 spiro atoms. The summed E-state index contributed by atoms with van der Waals surface area (Å²) in [4.78, 5) is 2.74. The van der Waals surface area contributed by atoms with E-state index in [1.165, 1.54) is 11.8 Å². The van der Waals surface area contributed by atoms with Crippen LogP contribution in [0.1, 0.15) is 41.5 Å². The van der Waals surface area contributed by atoms with Crippen LogP contribution in [0.4, 0.5) is 0 Å². The monoisotopic (exact) mass is 298 g/mol. The number of aromatic amines is 1. The van der Waals surface area contributed by atoms with Gasteiger partial charge in [0.2, 0.25) is 0 Å². The third kappa shape index (κ3) is 86.4. The van der Waals surface area contributed by atoms with Gasteiger partial charge in [0, 0.05) is 0 Å². The standard InChI is InChI=1S/C4H4N.2C4H9.2ClH.Ti/c1-2-4-5-3-1;2*1-4(2)3;;;/h1-3,5H;2*1-3H3;2*1H;/q3*-1;;;+2/p-2. The van der Waals surface area contributed by atoms with E-state index in [0.717, 1.165) is 0 Å². The van der Waals surface area contributed by atoms with Crippen LogP contribution in [0, 0.1) is 18.0 Å². The van der Waals surface area contributed by atoms with Gasteiger partial charge in [-0.05, 0) is 0 Å². The maximum Gasteiger partial charge on any atom is 2.00 e. The van der Waals surface area contributed by atoms with Gasteiger partial charge in [-0.1, -0.05) is 0 Å². The van der Waals surface area contributed by atoms with Crippen LogP contribution in [0.2, 0.25) is 0 Å². The van der Waals surface area contributed by atoms with E-state index in [0.29, 0.717) is 0 Å². The minimum atomic E-state index is 0. The molecular weight excluding hydrogens is 277 g/mol. The summed E-state index contributed by atoms with van der Waals surface area (Å²) in [6.07, 6.45) is 4.56. The van der Waals surface area contributed by atoms with Crippen LogP contribution in [0.3, 0.4) is 0 Å². The zero-order valence-corrected chi connectivity index (χ0v) is 14.1. The van der Waals surface area contributed by atoms with E-state index in [1.807, 2.05) is 18.3 Å². The van der Waals surface area contributed by atoms with Gasteiger partial charge in [-0.15, -0.1) is 6.20 Å². The van der Waals surface area contributed by atoms with Crippen molar-refractivity contribution in [3.63, 3.8) is 0 Å². The average molecular weight is 299 g/mol. The number of nitrogens with one attached hydrogen (secondary N) is 1. The molecule has 1 N–H and O–H groups in total. The van der Waals surface area contributed by atoms with Crippen molar-refractivity contribution < 1.29 is 46.5 Å². The SMILES string of the molecule is C[C-](C)C.C[C-](C)C.[Cl-].[Cl-].[Ti+2].[c-]1ccc[nH]1. The molecule has 16 heavy (non-hydrogen) atoms. The number of hydrogen-bond donors (Lipinski definition) is 1. The molecule has 0 aliphatic carbocycles. The third-order valence-corrected chi connectivity index (χ3v) is 0.442. The first-order chi connectivity index (χ1) is 5.96. The molecule has 1 heterocycles. The van der Waals surface area contributed by atoms with Crippen molar-refractivity contribution in [2.24, 2.45) is 0 Å². The summed E-state index contributed by atoms with van der Waals surface area (Å²) in [6, 6.07) is 3.71. The van der Waals surface area contributed by atoms with E-state index in [-0.39, 0.29) is 46.5 Å². The van der Waals surface area contributed by atoms with Crippen LogP contribution in [0.25, 0.3) is 0 Å². The Morgan fingerprint density at radius 2 is 1.19 bits per heavy atom. The molecule has 0 saturated heterocycles. The summed E-state index contributed by atoms with van der Waals surface area (Å²) in [5.74, 6) is 2.83. The Morgan fingerprint density at radius 3 is 1.25 bits per heavy atom. The van der Waals surface area contributed by atoms with Gasteiger partial charge in [-0.3, -0.25) is 0 Å². The molecule has 96 valence electrons. The van der Waals surface area contributed by atoms with Crippen molar-refractivity contribution in [3.05, 3.63) is 36.4 Å². The Morgan fingerprint density at radius 1 is 0.875 bits per heavy atom. The first-order valence-corrected chi connectivity index (χ1v) is 4.49. The number of aromatic nitrogens is 1. The number of hydrogen-bond acceptors (Lipinski definition) is 0. The molecule has 0 radical (unpaired) electrons. The van der Waals surface area contributed by atoms with Crippen molar-refractivity contribution in [1.82, 2.24) is 4.98 Å². The molecule has 0 unspecified atom stereocenters. The van der Waals surface area contributed by atoms with Crippen molar-refractivity contribution in [3.8, 4) is 0 Å². The molecular formula is C12H22Cl2NTi-3. The quantitative estimate of drug-likeness (QED) is 0.424. The van der Waals surface area contributed by atoms with Crippen molar-refractivity contribution in [1.29, 1.82) is 0 Å². The van der Waals surface area contributed by atoms with E-state index in [2.05, 4.69) is 52.7 Å². The van der Waals surface area contributed by atoms with E-state index in [9.17, 15) is 0 Å². The second kappa shape index (κ2) is 24.7. The summed E-state index contributed by atoms with van der Waals surface area (Å²) in [5.41, 5.74) is 0. The summed E-state index contributed by atoms with van der Waals surface area (Å²) in [7, 11) is 0. The number of halogens is 2. The van der Waals surface area contributed by atoms with Crippen LogP contribution >= 0.6 is 0 Å². The number of H-pyrrole nitrogens is 1. The molecule has 1 rings (SSSR count). The van der Waals surface area contributed by atoms with Gasteiger partial charge in [-0.2, -0.15) is 59.9 Å². The Hall–Kier alpha value is 0.574. The van der Waals surface area contributed by atoms with E-state index in [1.54, 1.807) is 0 Å². The molecule has 1 aromatic heterocycles. The average Bonchev–Trinajstić information content (AvgIpc) is 2.35. The molecule has 1 aromatic rings. The van der Waals surface area contributed by atoms with E-state index in [4.69, 9.17) is 0 Å². The minimum absolute atomic E-state index is 0. The molecule has 0 aliphatic rings. The third-order valence-electron chi connectivity index (χ3n) is 0.442. The van der Waals surface area contributed by atoms with Gasteiger partial charge < -0.3 is 41.6 Å². The molecule has 0 aliphatic heterocycles. The zero-order chi connectivity index (χ0) is 10.7. The van der Waals surface area contributed by atoms with Gasteiger partial charge in [0.1, 0.15) is 0 Å². The maximum atomic E-state index is 2.74. The molecule has 0 amide bonds. The summed E-state index contributed by atoms with van der Waals surface area (Å²) >= 11 is 0. The smallest absolute Gasteiger partial charge is 1.00 e. The molecule has 0 bridgehead atoms. The molecule has 0 fully saturated rings. The molecule has 4 heteroatoms. The van der Waals surface area contributed by atoms with Crippen LogP contribution in [-0.2, 0) is 21.7 Å². The van der Waals surface area contributed by atoms with Crippen molar-refractivity contribution >= 4 is 0 Å². The molecule has 0 saturated carbocycles. The molecule has 0 aromatic carbocycles. The van der Waals surface area contributed by atoms with E-state index >= 15 is 0 Å². The van der Waals surface area contributed by atoms with Crippen molar-refractivity contribution in [2.45, 2.75) is 41.5 Å². The van der Waals surface area contributed by atoms with Crippen LogP contribution in [0.15, 0.2) is 18.3 Å². The normalized spacial score (nSPS) is 7.00. The van der Waals surface area contributed by atoms with Gasteiger partial charge >= 0.3 is 21.7 Å². The summed E-state index contributed by atoms with van der Waals surface area (Å²) in [5, 5.41) is 0. The van der Waals surface area contributed by atoms with E-state index < -0.39 is 0 Å². The largest absolute Gasteiger partial charge is 2.00 e. The Balaban J connectivity index is -0.0000000350. The summed E-state index contributed by atoms with van der Waals surface area (Å²) in [6.45, 7) is 12.5. The van der Waals surface area contributed by atoms with Gasteiger partial charge in [-0.25, -0.2) is 0 Å². The predicted molar refractivity (Wildman–Crippen MR) is 60.2 cm³/mol. The van der Waals surface area contributed by atoms with Crippen LogP contribution in [-0.4, -0.2) is 4.98 Å². The zero-order valence-electron chi connectivity index (χ0n) is 11.0. The van der Waals surface area contributed by atoms with Gasteiger partial charge in [0.25, 0.3) is 0 Å². The molecule has 0 atom stereocenters. The van der Waals surface area contributed by atoms with Crippen LogP contribution < -0.4 is 24.8 Å².